The number of nitrogens with one attached hydrogen (secondary N) is 1. The molecule has 5 heteroatoms. The lowest BCUT2D eigenvalue weighted by Gasteiger charge is -2.43. The highest BCUT2D eigenvalue weighted by Crippen LogP contribution is 2.23. The predicted molar refractivity (Wildman–Crippen MR) is 76.2 cm³/mol. The average molecular weight is 282 g/mol. The second kappa shape index (κ2) is 6.12. The Morgan fingerprint density at radius 2 is 2.00 bits per heavy atom. The molecule has 2 unspecified atom stereocenters. The molecule has 1 heterocycles. The average Bonchev–Trinajstić information content (AvgIpc) is 2.93. The molecule has 0 radical (unpaired) electrons. The minimum atomic E-state index is -0.767. The SMILES string of the molecule is CCC1(C)NC(=O)C(C)N(CCOC2CCCC2)C1=O. The van der Waals surface area contributed by atoms with E-state index in [0.29, 0.717) is 25.7 Å². The lowest BCUT2D eigenvalue weighted by molar-refractivity contribution is -0.154. The maximum absolute atomic E-state index is 12.5. The van der Waals surface area contributed by atoms with Crippen molar-refractivity contribution in [2.45, 2.75) is 70.6 Å². The molecule has 2 amide bonds. The summed E-state index contributed by atoms with van der Waals surface area (Å²) in [5.74, 6) is -0.0723. The van der Waals surface area contributed by atoms with E-state index in [1.165, 1.54) is 12.8 Å². The van der Waals surface area contributed by atoms with Crippen LogP contribution in [-0.2, 0) is 14.3 Å². The Balaban J connectivity index is 1.92. The van der Waals surface area contributed by atoms with Crippen molar-refractivity contribution in [3.63, 3.8) is 0 Å². The van der Waals surface area contributed by atoms with E-state index in [1.807, 2.05) is 6.92 Å². The third-order valence-corrected chi connectivity index (χ3v) is 4.67. The molecule has 2 atom stereocenters. The van der Waals surface area contributed by atoms with Gasteiger partial charge >= 0.3 is 0 Å². The lowest BCUT2D eigenvalue weighted by Crippen LogP contribution is -2.68. The number of ether oxygens (including phenoxy) is 1. The van der Waals surface area contributed by atoms with Crippen molar-refractivity contribution in [2.75, 3.05) is 13.2 Å². The Morgan fingerprint density at radius 3 is 2.60 bits per heavy atom. The highest BCUT2D eigenvalue weighted by molar-refractivity contribution is 5.99. The van der Waals surface area contributed by atoms with E-state index >= 15 is 0 Å². The van der Waals surface area contributed by atoms with Crippen LogP contribution in [0.15, 0.2) is 0 Å². The van der Waals surface area contributed by atoms with Crippen LogP contribution < -0.4 is 5.32 Å². The van der Waals surface area contributed by atoms with E-state index in [0.717, 1.165) is 12.8 Å². The number of rotatable bonds is 5. The fourth-order valence-electron chi connectivity index (χ4n) is 2.97. The van der Waals surface area contributed by atoms with Gasteiger partial charge in [0.05, 0.1) is 12.7 Å². The van der Waals surface area contributed by atoms with Gasteiger partial charge < -0.3 is 15.0 Å². The summed E-state index contributed by atoms with van der Waals surface area (Å²) in [4.78, 5) is 26.2. The summed E-state index contributed by atoms with van der Waals surface area (Å²) >= 11 is 0. The molecule has 5 nitrogen and oxygen atoms in total. The largest absolute Gasteiger partial charge is 0.376 e. The molecule has 1 aliphatic heterocycles. The van der Waals surface area contributed by atoms with Crippen LogP contribution in [0.1, 0.15) is 52.9 Å². The zero-order valence-corrected chi connectivity index (χ0v) is 12.8. The van der Waals surface area contributed by atoms with Crippen LogP contribution in [0, 0.1) is 0 Å². The molecule has 1 aliphatic carbocycles. The van der Waals surface area contributed by atoms with Crippen LogP contribution >= 0.6 is 0 Å². The lowest BCUT2D eigenvalue weighted by atomic mass is 9.92. The summed E-state index contributed by atoms with van der Waals surface area (Å²) in [5.41, 5.74) is -0.767. The summed E-state index contributed by atoms with van der Waals surface area (Å²) in [6, 6.07) is -0.408. The van der Waals surface area contributed by atoms with Crippen LogP contribution in [0.25, 0.3) is 0 Å². The monoisotopic (exact) mass is 282 g/mol. The summed E-state index contributed by atoms with van der Waals surface area (Å²) in [5, 5.41) is 2.83. The first-order valence-electron chi connectivity index (χ1n) is 7.72. The molecule has 0 spiro atoms. The Labute approximate surface area is 121 Å². The summed E-state index contributed by atoms with van der Waals surface area (Å²) < 4.78 is 5.81. The molecular weight excluding hydrogens is 256 g/mol. The summed E-state index contributed by atoms with van der Waals surface area (Å²) in [6.45, 7) is 6.51. The van der Waals surface area contributed by atoms with Crippen LogP contribution in [0.2, 0.25) is 0 Å². The van der Waals surface area contributed by atoms with E-state index in [2.05, 4.69) is 5.32 Å². The molecule has 1 saturated heterocycles. The van der Waals surface area contributed by atoms with Crippen LogP contribution in [-0.4, -0.2) is 47.6 Å². The van der Waals surface area contributed by atoms with Crippen LogP contribution in [0.5, 0.6) is 0 Å². The number of carbonyl (C=O) groups is 2. The van der Waals surface area contributed by atoms with E-state index in [9.17, 15) is 9.59 Å². The fourth-order valence-corrected chi connectivity index (χ4v) is 2.97. The third kappa shape index (κ3) is 2.97. The maximum atomic E-state index is 12.5. The standard InChI is InChI=1S/C15H26N2O3/c1-4-15(3)14(19)17(11(2)13(18)16-15)9-10-20-12-7-5-6-8-12/h11-12H,4-10H2,1-3H3,(H,16,18). The first-order valence-corrected chi connectivity index (χ1v) is 7.72. The highest BCUT2D eigenvalue weighted by atomic mass is 16.5. The van der Waals surface area contributed by atoms with Crippen molar-refractivity contribution < 1.29 is 14.3 Å². The first kappa shape index (κ1) is 15.3. The Kier molecular flexibility index (Phi) is 4.68. The molecule has 0 aromatic carbocycles. The number of hydrogen-bond acceptors (Lipinski definition) is 3. The van der Waals surface area contributed by atoms with E-state index in [1.54, 1.807) is 18.7 Å². The smallest absolute Gasteiger partial charge is 0.248 e. The zero-order chi connectivity index (χ0) is 14.8. The van der Waals surface area contributed by atoms with Crippen molar-refractivity contribution in [1.82, 2.24) is 10.2 Å². The Morgan fingerprint density at radius 1 is 1.35 bits per heavy atom. The van der Waals surface area contributed by atoms with Gasteiger partial charge in [0, 0.05) is 6.54 Å². The number of amides is 2. The molecule has 2 aliphatic rings. The van der Waals surface area contributed by atoms with Gasteiger partial charge in [0.1, 0.15) is 11.6 Å². The molecule has 1 saturated carbocycles. The minimum Gasteiger partial charge on any atom is -0.376 e. The van der Waals surface area contributed by atoms with Gasteiger partial charge in [0.25, 0.3) is 0 Å². The van der Waals surface area contributed by atoms with E-state index in [4.69, 9.17) is 4.74 Å². The van der Waals surface area contributed by atoms with Crippen molar-refractivity contribution in [1.29, 1.82) is 0 Å². The number of nitrogens with zero attached hydrogens (tertiary/aromatic N) is 1. The van der Waals surface area contributed by atoms with Gasteiger partial charge in [-0.05, 0) is 33.1 Å². The number of piperazine rings is 1. The summed E-state index contributed by atoms with van der Waals surface area (Å²) in [7, 11) is 0. The van der Waals surface area contributed by atoms with Crippen molar-refractivity contribution in [3.8, 4) is 0 Å². The van der Waals surface area contributed by atoms with E-state index < -0.39 is 11.6 Å². The quantitative estimate of drug-likeness (QED) is 0.830. The van der Waals surface area contributed by atoms with Gasteiger partial charge in [0.15, 0.2) is 0 Å². The normalized spacial score (nSPS) is 31.8. The molecule has 0 bridgehead atoms. The number of carbonyl (C=O) groups excluding carboxylic acids is 2. The van der Waals surface area contributed by atoms with Crippen molar-refractivity contribution >= 4 is 11.8 Å². The van der Waals surface area contributed by atoms with Crippen molar-refractivity contribution in [2.24, 2.45) is 0 Å². The van der Waals surface area contributed by atoms with Gasteiger partial charge in [-0.25, -0.2) is 0 Å². The molecule has 0 aromatic heterocycles. The van der Waals surface area contributed by atoms with Crippen LogP contribution in [0.4, 0.5) is 0 Å². The minimum absolute atomic E-state index is 0.00196. The Hall–Kier alpha value is -1.10. The van der Waals surface area contributed by atoms with Gasteiger partial charge in [-0.2, -0.15) is 0 Å². The van der Waals surface area contributed by atoms with Gasteiger partial charge in [0.2, 0.25) is 11.8 Å². The molecular formula is C15H26N2O3. The maximum Gasteiger partial charge on any atom is 0.248 e. The molecule has 2 rings (SSSR count). The predicted octanol–water partition coefficient (Wildman–Crippen LogP) is 1.46. The Bertz CT molecular complexity index is 379. The molecule has 20 heavy (non-hydrogen) atoms. The zero-order valence-electron chi connectivity index (χ0n) is 12.8. The second-order valence-electron chi connectivity index (χ2n) is 6.13. The first-order chi connectivity index (χ1) is 9.48. The molecule has 2 fully saturated rings. The van der Waals surface area contributed by atoms with Gasteiger partial charge in [-0.1, -0.05) is 19.8 Å². The van der Waals surface area contributed by atoms with Gasteiger partial charge in [-0.3, -0.25) is 9.59 Å². The molecule has 1 N–H and O–H groups in total. The second-order valence-corrected chi connectivity index (χ2v) is 6.13. The van der Waals surface area contributed by atoms with E-state index in [-0.39, 0.29) is 11.8 Å². The van der Waals surface area contributed by atoms with Crippen molar-refractivity contribution in [3.05, 3.63) is 0 Å². The molecule has 0 aromatic rings. The van der Waals surface area contributed by atoms with Crippen LogP contribution in [0.3, 0.4) is 0 Å². The summed E-state index contributed by atoms with van der Waals surface area (Å²) in [6.07, 6.45) is 5.66. The topological polar surface area (TPSA) is 58.6 Å². The third-order valence-electron chi connectivity index (χ3n) is 4.67. The highest BCUT2D eigenvalue weighted by Gasteiger charge is 2.45. The fraction of sp³-hybridized carbons (Fsp3) is 0.867. The molecule has 114 valence electrons. The van der Waals surface area contributed by atoms with Gasteiger partial charge in [-0.15, -0.1) is 0 Å². The number of hydrogen-bond donors (Lipinski definition) is 1.